The van der Waals surface area contributed by atoms with E-state index < -0.39 is 23.3 Å². The van der Waals surface area contributed by atoms with Crippen LogP contribution in [0.1, 0.15) is 21.5 Å². The molecule has 0 amide bonds. The molecule has 0 spiro atoms. The van der Waals surface area contributed by atoms with Gasteiger partial charge in [0, 0.05) is 0 Å². The van der Waals surface area contributed by atoms with Crippen molar-refractivity contribution in [2.75, 3.05) is 0 Å². The zero-order chi connectivity index (χ0) is 14.8. The molecule has 1 N–H and O–H groups in total. The molecule has 5 heteroatoms. The molecule has 0 saturated carbocycles. The van der Waals surface area contributed by atoms with Crippen molar-refractivity contribution < 1.29 is 23.1 Å². The zero-order valence-electron chi connectivity index (χ0n) is 10.3. The van der Waals surface area contributed by atoms with Gasteiger partial charge in [0.15, 0.2) is 0 Å². The summed E-state index contributed by atoms with van der Waals surface area (Å²) in [4.78, 5) is 11.1. The zero-order valence-corrected chi connectivity index (χ0v) is 10.3. The van der Waals surface area contributed by atoms with E-state index in [-0.39, 0.29) is 0 Å². The molecule has 0 aliphatic heterocycles. The van der Waals surface area contributed by atoms with Crippen LogP contribution in [0.15, 0.2) is 48.5 Å². The Bertz CT molecular complexity index is 619. The molecule has 104 valence electrons. The third-order valence-electron chi connectivity index (χ3n) is 2.82. The SMILES string of the molecule is O=C(c1ccc(Cc2ccccc2)cc1O)C(F)(F)F. The Morgan fingerprint density at radius 2 is 1.65 bits per heavy atom. The molecule has 20 heavy (non-hydrogen) atoms. The van der Waals surface area contributed by atoms with Gasteiger partial charge in [-0.2, -0.15) is 13.2 Å². The maximum Gasteiger partial charge on any atom is 0.455 e. The van der Waals surface area contributed by atoms with E-state index in [2.05, 4.69) is 0 Å². The van der Waals surface area contributed by atoms with Crippen LogP contribution in [0.5, 0.6) is 5.75 Å². The number of rotatable bonds is 3. The van der Waals surface area contributed by atoms with Crippen molar-refractivity contribution in [2.24, 2.45) is 0 Å². The van der Waals surface area contributed by atoms with Crippen LogP contribution in [0.4, 0.5) is 13.2 Å². The predicted molar refractivity (Wildman–Crippen MR) is 67.7 cm³/mol. The van der Waals surface area contributed by atoms with Crippen LogP contribution < -0.4 is 0 Å². The summed E-state index contributed by atoms with van der Waals surface area (Å²) < 4.78 is 36.9. The number of phenols is 1. The molecule has 2 nitrogen and oxygen atoms in total. The molecular formula is C15H11F3O2. The second-order valence-corrected chi connectivity index (χ2v) is 4.34. The van der Waals surface area contributed by atoms with Gasteiger partial charge in [0.2, 0.25) is 0 Å². The summed E-state index contributed by atoms with van der Waals surface area (Å²) in [5.74, 6) is -2.69. The third-order valence-corrected chi connectivity index (χ3v) is 2.82. The molecule has 0 bridgehead atoms. The van der Waals surface area contributed by atoms with Crippen molar-refractivity contribution in [3.05, 3.63) is 65.2 Å². The minimum atomic E-state index is -4.99. The molecule has 0 fully saturated rings. The lowest BCUT2D eigenvalue weighted by atomic mass is 10.0. The van der Waals surface area contributed by atoms with Gasteiger partial charge in [-0.05, 0) is 29.7 Å². The smallest absolute Gasteiger partial charge is 0.455 e. The highest BCUT2D eigenvalue weighted by Crippen LogP contribution is 2.28. The van der Waals surface area contributed by atoms with E-state index >= 15 is 0 Å². The number of benzene rings is 2. The van der Waals surface area contributed by atoms with Gasteiger partial charge in [-0.15, -0.1) is 0 Å². The highest BCUT2D eigenvalue weighted by Gasteiger charge is 2.40. The Balaban J connectivity index is 2.24. The first-order valence-electron chi connectivity index (χ1n) is 5.85. The van der Waals surface area contributed by atoms with Gasteiger partial charge >= 0.3 is 6.18 Å². The van der Waals surface area contributed by atoms with Crippen molar-refractivity contribution >= 4 is 5.78 Å². The summed E-state index contributed by atoms with van der Waals surface area (Å²) in [5, 5.41) is 9.58. The number of hydrogen-bond donors (Lipinski definition) is 1. The lowest BCUT2D eigenvalue weighted by Crippen LogP contribution is -2.22. The maximum absolute atomic E-state index is 12.3. The number of phenolic OH excluding ortho intramolecular Hbond substituents is 1. The number of Topliss-reactive ketones (excluding diaryl/α,β-unsaturated/α-hetero) is 1. The minimum Gasteiger partial charge on any atom is -0.507 e. The number of aromatic hydroxyl groups is 1. The van der Waals surface area contributed by atoms with Crippen LogP contribution in [0.25, 0.3) is 0 Å². The third kappa shape index (κ3) is 3.17. The number of ketones is 1. The van der Waals surface area contributed by atoms with Gasteiger partial charge in [0.1, 0.15) is 5.75 Å². The summed E-state index contributed by atoms with van der Waals surface area (Å²) in [6.45, 7) is 0. The fourth-order valence-corrected chi connectivity index (χ4v) is 1.86. The molecule has 0 saturated heterocycles. The Kier molecular flexibility index (Phi) is 3.79. The summed E-state index contributed by atoms with van der Waals surface area (Å²) in [5.41, 5.74) is 0.864. The van der Waals surface area contributed by atoms with Crippen molar-refractivity contribution in [3.63, 3.8) is 0 Å². The quantitative estimate of drug-likeness (QED) is 0.870. The van der Waals surface area contributed by atoms with E-state index in [1.54, 1.807) is 0 Å². The summed E-state index contributed by atoms with van der Waals surface area (Å²) in [6.07, 6.45) is -4.52. The molecule has 2 aromatic carbocycles. The molecule has 2 aromatic rings. The maximum atomic E-state index is 12.3. The second kappa shape index (κ2) is 5.36. The Morgan fingerprint density at radius 1 is 1.00 bits per heavy atom. The van der Waals surface area contributed by atoms with Crippen molar-refractivity contribution in [1.29, 1.82) is 0 Å². The van der Waals surface area contributed by atoms with Crippen molar-refractivity contribution in [2.45, 2.75) is 12.6 Å². The number of alkyl halides is 3. The van der Waals surface area contributed by atoms with Crippen LogP contribution in [0.3, 0.4) is 0 Å². The standard InChI is InChI=1S/C15H11F3O2/c16-15(17,18)14(20)12-7-6-11(9-13(12)19)8-10-4-2-1-3-5-10/h1-7,9,19H,8H2. The first-order chi connectivity index (χ1) is 9.38. The van der Waals surface area contributed by atoms with E-state index in [0.717, 1.165) is 11.6 Å². The number of hydrogen-bond acceptors (Lipinski definition) is 2. The molecule has 0 aliphatic rings. The van der Waals surface area contributed by atoms with Gasteiger partial charge in [0.05, 0.1) is 5.56 Å². The molecule has 0 unspecified atom stereocenters. The monoisotopic (exact) mass is 280 g/mol. The Morgan fingerprint density at radius 3 is 2.20 bits per heavy atom. The van der Waals surface area contributed by atoms with Gasteiger partial charge in [-0.1, -0.05) is 36.4 Å². The molecule has 0 atom stereocenters. The largest absolute Gasteiger partial charge is 0.507 e. The number of halogens is 3. The van der Waals surface area contributed by atoms with Crippen LogP contribution in [-0.4, -0.2) is 17.1 Å². The van der Waals surface area contributed by atoms with E-state index in [0.29, 0.717) is 12.0 Å². The summed E-state index contributed by atoms with van der Waals surface area (Å²) >= 11 is 0. The van der Waals surface area contributed by atoms with Gasteiger partial charge < -0.3 is 5.11 Å². The molecular weight excluding hydrogens is 269 g/mol. The first kappa shape index (κ1) is 14.1. The minimum absolute atomic E-state index is 0.467. The summed E-state index contributed by atoms with van der Waals surface area (Å²) in [7, 11) is 0. The second-order valence-electron chi connectivity index (χ2n) is 4.34. The van der Waals surface area contributed by atoms with Crippen molar-refractivity contribution in [1.82, 2.24) is 0 Å². The molecule has 2 rings (SSSR count). The average molecular weight is 280 g/mol. The normalized spacial score (nSPS) is 11.3. The fraction of sp³-hybridized carbons (Fsp3) is 0.133. The van der Waals surface area contributed by atoms with Crippen LogP contribution >= 0.6 is 0 Å². The van der Waals surface area contributed by atoms with Crippen LogP contribution in [-0.2, 0) is 6.42 Å². The number of carbonyl (C=O) groups is 1. The van der Waals surface area contributed by atoms with Gasteiger partial charge in [-0.3, -0.25) is 4.79 Å². The van der Waals surface area contributed by atoms with E-state index in [4.69, 9.17) is 0 Å². The molecule has 0 aromatic heterocycles. The topological polar surface area (TPSA) is 37.3 Å². The van der Waals surface area contributed by atoms with Gasteiger partial charge in [0.25, 0.3) is 5.78 Å². The highest BCUT2D eigenvalue weighted by atomic mass is 19.4. The predicted octanol–water partition coefficient (Wildman–Crippen LogP) is 3.73. The van der Waals surface area contributed by atoms with Gasteiger partial charge in [-0.25, -0.2) is 0 Å². The summed E-state index contributed by atoms with van der Waals surface area (Å²) in [6, 6.07) is 12.9. The lowest BCUT2D eigenvalue weighted by Gasteiger charge is -2.09. The molecule has 0 aliphatic carbocycles. The van der Waals surface area contributed by atoms with Crippen LogP contribution in [0, 0.1) is 0 Å². The fourth-order valence-electron chi connectivity index (χ4n) is 1.86. The van der Waals surface area contributed by atoms with E-state index in [9.17, 15) is 23.1 Å². The van der Waals surface area contributed by atoms with E-state index in [1.807, 2.05) is 30.3 Å². The first-order valence-corrected chi connectivity index (χ1v) is 5.85. The average Bonchev–Trinajstić information content (AvgIpc) is 2.38. The lowest BCUT2D eigenvalue weighted by molar-refractivity contribution is -0.0886. The number of carbonyl (C=O) groups excluding carboxylic acids is 1. The Hall–Kier alpha value is -2.30. The molecule has 0 heterocycles. The highest BCUT2D eigenvalue weighted by molar-refractivity contribution is 6.02. The van der Waals surface area contributed by atoms with E-state index in [1.165, 1.54) is 12.1 Å². The Labute approximate surface area is 113 Å². The van der Waals surface area contributed by atoms with Crippen molar-refractivity contribution in [3.8, 4) is 5.75 Å². The molecule has 0 radical (unpaired) electrons. The van der Waals surface area contributed by atoms with Crippen LogP contribution in [0.2, 0.25) is 0 Å².